The molecule has 0 rings (SSSR count). The van der Waals surface area contributed by atoms with Gasteiger partial charge in [-0.05, 0) is 32.6 Å². The highest BCUT2D eigenvalue weighted by Crippen LogP contribution is 2.05. The van der Waals surface area contributed by atoms with E-state index in [9.17, 15) is 9.90 Å². The summed E-state index contributed by atoms with van der Waals surface area (Å²) >= 11 is 0. The van der Waals surface area contributed by atoms with Crippen molar-refractivity contribution in [2.24, 2.45) is 0 Å². The highest BCUT2D eigenvalue weighted by molar-refractivity contribution is 5.87. The maximum atomic E-state index is 11.5. The predicted octanol–water partition coefficient (Wildman–Crippen LogP) is 4.23. The van der Waals surface area contributed by atoms with Crippen LogP contribution in [0.5, 0.6) is 0 Å². The van der Waals surface area contributed by atoms with Crippen molar-refractivity contribution >= 4 is 5.91 Å². The van der Waals surface area contributed by atoms with Crippen LogP contribution in [0.4, 0.5) is 0 Å². The molecule has 0 aliphatic rings. The lowest BCUT2D eigenvalue weighted by Crippen LogP contribution is -2.39. The average Bonchev–Trinajstić information content (AvgIpc) is 2.54. The van der Waals surface area contributed by atoms with Crippen molar-refractivity contribution in [3.8, 4) is 0 Å². The van der Waals surface area contributed by atoms with Gasteiger partial charge in [-0.25, -0.2) is 0 Å². The zero-order valence-corrected chi connectivity index (χ0v) is 14.7. The highest BCUT2D eigenvalue weighted by Gasteiger charge is 2.17. The van der Waals surface area contributed by atoms with Crippen LogP contribution < -0.4 is 5.32 Å². The summed E-state index contributed by atoms with van der Waals surface area (Å²) in [6.45, 7) is 5.97. The Morgan fingerprint density at radius 1 is 0.957 bits per heavy atom. The third-order valence-electron chi connectivity index (χ3n) is 3.24. The van der Waals surface area contributed by atoms with Crippen LogP contribution in [0.3, 0.4) is 0 Å². The molecular weight excluding hydrogens is 286 g/mol. The summed E-state index contributed by atoms with van der Waals surface area (Å²) in [5.41, 5.74) is -0.844. The minimum absolute atomic E-state index is 0.197. The van der Waals surface area contributed by atoms with Crippen LogP contribution in [0.2, 0.25) is 0 Å². The summed E-state index contributed by atoms with van der Waals surface area (Å²) < 4.78 is 0. The van der Waals surface area contributed by atoms with E-state index in [1.807, 2.05) is 25.2 Å². The molecule has 0 bridgehead atoms. The predicted molar refractivity (Wildman–Crippen MR) is 99.1 cm³/mol. The molecule has 0 aromatic rings. The third-order valence-corrected chi connectivity index (χ3v) is 3.24. The van der Waals surface area contributed by atoms with Gasteiger partial charge in [0, 0.05) is 12.6 Å². The van der Waals surface area contributed by atoms with Crippen LogP contribution in [-0.2, 0) is 4.79 Å². The van der Waals surface area contributed by atoms with E-state index in [-0.39, 0.29) is 12.5 Å². The van der Waals surface area contributed by atoms with Crippen molar-refractivity contribution in [3.63, 3.8) is 0 Å². The molecular formula is C20H31NO2. The molecule has 1 unspecified atom stereocenters. The van der Waals surface area contributed by atoms with Crippen molar-refractivity contribution in [1.82, 2.24) is 5.32 Å². The average molecular weight is 317 g/mol. The van der Waals surface area contributed by atoms with E-state index < -0.39 is 5.60 Å². The van der Waals surface area contributed by atoms with Crippen molar-refractivity contribution in [2.45, 2.75) is 52.1 Å². The molecule has 0 radical (unpaired) electrons. The number of hydrogen-bond donors (Lipinski definition) is 2. The van der Waals surface area contributed by atoms with Gasteiger partial charge in [-0.1, -0.05) is 68.5 Å². The Morgan fingerprint density at radius 3 is 2.13 bits per heavy atom. The summed E-state index contributed by atoms with van der Waals surface area (Å²) in [5, 5.41) is 12.4. The first-order valence-corrected chi connectivity index (χ1v) is 8.33. The number of carbonyl (C=O) groups excluding carboxylic acids is 1. The normalized spacial score (nSPS) is 15.5. The molecule has 1 amide bonds. The van der Waals surface area contributed by atoms with Crippen LogP contribution in [0.1, 0.15) is 46.5 Å². The SMILES string of the molecule is CCC=CC=CCCC=CC=CC=CC(=O)NCC(C)(O)CC. The Labute approximate surface area is 141 Å². The summed E-state index contributed by atoms with van der Waals surface area (Å²) in [7, 11) is 0. The minimum Gasteiger partial charge on any atom is -0.388 e. The van der Waals surface area contributed by atoms with Gasteiger partial charge in [-0.3, -0.25) is 4.79 Å². The highest BCUT2D eigenvalue weighted by atomic mass is 16.3. The van der Waals surface area contributed by atoms with Gasteiger partial charge in [-0.15, -0.1) is 0 Å². The Morgan fingerprint density at radius 2 is 1.52 bits per heavy atom. The molecule has 2 N–H and O–H groups in total. The first kappa shape index (κ1) is 21.1. The molecule has 1 atom stereocenters. The second kappa shape index (κ2) is 13.8. The van der Waals surface area contributed by atoms with E-state index in [2.05, 4.69) is 42.6 Å². The monoisotopic (exact) mass is 317 g/mol. The van der Waals surface area contributed by atoms with E-state index in [1.165, 1.54) is 6.08 Å². The van der Waals surface area contributed by atoms with Gasteiger partial charge < -0.3 is 10.4 Å². The zero-order valence-electron chi connectivity index (χ0n) is 14.7. The second-order valence-corrected chi connectivity index (χ2v) is 5.58. The van der Waals surface area contributed by atoms with E-state index in [0.29, 0.717) is 6.42 Å². The molecule has 3 heteroatoms. The van der Waals surface area contributed by atoms with Gasteiger partial charge in [0.25, 0.3) is 0 Å². The fourth-order valence-corrected chi connectivity index (χ4v) is 1.49. The van der Waals surface area contributed by atoms with Crippen molar-refractivity contribution in [3.05, 3.63) is 60.8 Å². The molecule has 0 fully saturated rings. The van der Waals surface area contributed by atoms with Gasteiger partial charge in [0.05, 0.1) is 5.60 Å². The Bertz CT molecular complexity index is 454. The summed E-state index contributed by atoms with van der Waals surface area (Å²) in [4.78, 5) is 11.5. The molecule has 0 saturated heterocycles. The Balaban J connectivity index is 3.83. The van der Waals surface area contributed by atoms with Gasteiger partial charge in [0.2, 0.25) is 5.91 Å². The van der Waals surface area contributed by atoms with Crippen molar-refractivity contribution in [2.75, 3.05) is 6.54 Å². The van der Waals surface area contributed by atoms with Gasteiger partial charge in [0.15, 0.2) is 0 Å². The molecule has 3 nitrogen and oxygen atoms in total. The zero-order chi connectivity index (χ0) is 17.4. The molecule has 0 aromatic heterocycles. The molecule has 0 heterocycles. The first-order chi connectivity index (χ1) is 11.0. The standard InChI is InChI=1S/C20H31NO2/c1-4-6-7-8-9-10-11-12-13-14-15-16-17-19(22)21-18-20(3,23)5-2/h6-9,12-17,23H,4-5,10-11,18H2,1-3H3,(H,21,22). The van der Waals surface area contributed by atoms with Crippen LogP contribution in [0, 0.1) is 0 Å². The van der Waals surface area contributed by atoms with Crippen LogP contribution in [0.15, 0.2) is 60.8 Å². The van der Waals surface area contributed by atoms with E-state index >= 15 is 0 Å². The largest absolute Gasteiger partial charge is 0.388 e. The van der Waals surface area contributed by atoms with Gasteiger partial charge >= 0.3 is 0 Å². The second-order valence-electron chi connectivity index (χ2n) is 5.58. The molecule has 0 spiro atoms. The maximum absolute atomic E-state index is 11.5. The fraction of sp³-hybridized carbons (Fsp3) is 0.450. The molecule has 23 heavy (non-hydrogen) atoms. The molecule has 0 saturated carbocycles. The maximum Gasteiger partial charge on any atom is 0.244 e. The van der Waals surface area contributed by atoms with Crippen LogP contribution in [-0.4, -0.2) is 23.2 Å². The first-order valence-electron chi connectivity index (χ1n) is 8.33. The minimum atomic E-state index is -0.844. The number of amides is 1. The van der Waals surface area contributed by atoms with E-state index in [0.717, 1.165) is 19.3 Å². The molecule has 128 valence electrons. The number of nitrogens with one attached hydrogen (secondary N) is 1. The van der Waals surface area contributed by atoms with Gasteiger partial charge in [0.1, 0.15) is 0 Å². The number of carbonyl (C=O) groups is 1. The molecule has 0 aliphatic carbocycles. The number of hydrogen-bond acceptors (Lipinski definition) is 2. The number of aliphatic hydroxyl groups is 1. The van der Waals surface area contributed by atoms with E-state index in [4.69, 9.17) is 0 Å². The molecule has 0 aliphatic heterocycles. The van der Waals surface area contributed by atoms with Crippen LogP contribution in [0.25, 0.3) is 0 Å². The van der Waals surface area contributed by atoms with Crippen molar-refractivity contribution in [1.29, 1.82) is 0 Å². The lowest BCUT2D eigenvalue weighted by atomic mass is 10.0. The number of allylic oxidation sites excluding steroid dienone is 9. The van der Waals surface area contributed by atoms with E-state index in [1.54, 1.807) is 13.0 Å². The smallest absolute Gasteiger partial charge is 0.244 e. The van der Waals surface area contributed by atoms with Crippen molar-refractivity contribution < 1.29 is 9.90 Å². The quantitative estimate of drug-likeness (QED) is 0.340. The van der Waals surface area contributed by atoms with Gasteiger partial charge in [-0.2, -0.15) is 0 Å². The van der Waals surface area contributed by atoms with Crippen LogP contribution >= 0.6 is 0 Å². The Kier molecular flexibility index (Phi) is 12.7. The number of rotatable bonds is 11. The lowest BCUT2D eigenvalue weighted by molar-refractivity contribution is -0.117. The third kappa shape index (κ3) is 14.8. The molecule has 0 aromatic carbocycles. The number of unbranched alkanes of at least 4 members (excludes halogenated alkanes) is 1. The summed E-state index contributed by atoms with van der Waals surface area (Å²) in [6, 6.07) is 0. The fourth-order valence-electron chi connectivity index (χ4n) is 1.49. The summed E-state index contributed by atoms with van der Waals surface area (Å²) in [6.07, 6.45) is 23.0. The lowest BCUT2D eigenvalue weighted by Gasteiger charge is -2.20. The Hall–Kier alpha value is -1.87. The summed E-state index contributed by atoms with van der Waals surface area (Å²) in [5.74, 6) is -0.197. The topological polar surface area (TPSA) is 49.3 Å².